The summed E-state index contributed by atoms with van der Waals surface area (Å²) in [4.78, 5) is 0. The van der Waals surface area contributed by atoms with E-state index in [1.165, 1.54) is 12.8 Å². The lowest BCUT2D eigenvalue weighted by atomic mass is 10.1. The maximum Gasteiger partial charge on any atom is 0.152 e. The van der Waals surface area contributed by atoms with Gasteiger partial charge in [-0.15, -0.1) is 0 Å². The van der Waals surface area contributed by atoms with E-state index in [0.29, 0.717) is 17.6 Å². The van der Waals surface area contributed by atoms with Crippen molar-refractivity contribution in [1.82, 2.24) is 5.32 Å². The third-order valence-electron chi connectivity index (χ3n) is 3.57. The molecule has 0 radical (unpaired) electrons. The summed E-state index contributed by atoms with van der Waals surface area (Å²) in [5.41, 5.74) is 0. The molecule has 0 spiro atoms. The summed E-state index contributed by atoms with van der Waals surface area (Å²) in [5.74, 6) is 1.48. The minimum Gasteiger partial charge on any atom is -0.316 e. The lowest BCUT2D eigenvalue weighted by Gasteiger charge is -2.21. The molecule has 1 saturated carbocycles. The first kappa shape index (κ1) is 14.0. The molecule has 0 aliphatic heterocycles. The fraction of sp³-hybridized carbons (Fsp3) is 1.00. The molecule has 1 atom stereocenters. The molecule has 4 heteroatoms. The predicted octanol–water partition coefficient (Wildman–Crippen LogP) is 1.84. The highest BCUT2D eigenvalue weighted by Crippen LogP contribution is 2.26. The second kappa shape index (κ2) is 6.01. The van der Waals surface area contributed by atoms with Crippen LogP contribution in [-0.4, -0.2) is 33.0 Å². The van der Waals surface area contributed by atoms with Crippen molar-refractivity contribution in [1.29, 1.82) is 0 Å². The molecule has 0 amide bonds. The Labute approximate surface area is 99.9 Å². The fourth-order valence-corrected chi connectivity index (χ4v) is 4.77. The highest BCUT2D eigenvalue weighted by Gasteiger charge is 2.25. The van der Waals surface area contributed by atoms with Gasteiger partial charge in [-0.25, -0.2) is 8.42 Å². The van der Waals surface area contributed by atoms with Crippen molar-refractivity contribution >= 4 is 9.84 Å². The summed E-state index contributed by atoms with van der Waals surface area (Å²) in [6.45, 7) is 4.12. The van der Waals surface area contributed by atoms with Gasteiger partial charge in [-0.3, -0.25) is 0 Å². The van der Waals surface area contributed by atoms with Crippen LogP contribution >= 0.6 is 0 Å². The summed E-state index contributed by atoms with van der Waals surface area (Å²) < 4.78 is 24.0. The van der Waals surface area contributed by atoms with E-state index in [0.717, 1.165) is 12.8 Å². The molecular weight excluding hydrogens is 222 g/mol. The predicted molar refractivity (Wildman–Crippen MR) is 68.3 cm³/mol. The van der Waals surface area contributed by atoms with Gasteiger partial charge in [0, 0.05) is 6.04 Å². The largest absolute Gasteiger partial charge is 0.316 e. The summed E-state index contributed by atoms with van der Waals surface area (Å²) in [6.07, 6.45) is 4.62. The van der Waals surface area contributed by atoms with Crippen LogP contribution in [0.1, 0.15) is 39.5 Å². The van der Waals surface area contributed by atoms with Crippen LogP contribution in [0.2, 0.25) is 0 Å². The topological polar surface area (TPSA) is 46.2 Å². The fourth-order valence-electron chi connectivity index (χ4n) is 2.49. The minimum absolute atomic E-state index is 0.0893. The van der Waals surface area contributed by atoms with E-state index in [2.05, 4.69) is 19.2 Å². The van der Waals surface area contributed by atoms with Crippen LogP contribution in [0.5, 0.6) is 0 Å². The Morgan fingerprint density at radius 2 is 1.81 bits per heavy atom. The van der Waals surface area contributed by atoms with Crippen molar-refractivity contribution in [2.75, 3.05) is 18.6 Å². The first-order chi connectivity index (χ1) is 7.44. The van der Waals surface area contributed by atoms with Gasteiger partial charge in [0.15, 0.2) is 9.84 Å². The van der Waals surface area contributed by atoms with Crippen LogP contribution in [0.3, 0.4) is 0 Å². The van der Waals surface area contributed by atoms with E-state index in [1.54, 1.807) is 0 Å². The van der Waals surface area contributed by atoms with Gasteiger partial charge < -0.3 is 5.32 Å². The molecule has 1 rings (SSSR count). The molecule has 1 aliphatic carbocycles. The van der Waals surface area contributed by atoms with E-state index < -0.39 is 9.84 Å². The lowest BCUT2D eigenvalue weighted by molar-refractivity contribution is 0.452. The maximum absolute atomic E-state index is 12.0. The van der Waals surface area contributed by atoms with E-state index in [9.17, 15) is 8.42 Å². The molecule has 1 aliphatic rings. The smallest absolute Gasteiger partial charge is 0.152 e. The standard InChI is InChI=1S/C12H25NO2S/c1-10(2)12(13-3)9-16(14,15)8-11-6-4-5-7-11/h10-13H,4-9H2,1-3H3. The molecule has 3 nitrogen and oxygen atoms in total. The highest BCUT2D eigenvalue weighted by atomic mass is 32.2. The Balaban J connectivity index is 2.49. The third-order valence-corrected chi connectivity index (χ3v) is 5.42. The zero-order valence-corrected chi connectivity index (χ0v) is 11.5. The molecule has 1 fully saturated rings. The van der Waals surface area contributed by atoms with Crippen molar-refractivity contribution in [3.63, 3.8) is 0 Å². The van der Waals surface area contributed by atoms with Crippen molar-refractivity contribution in [3.8, 4) is 0 Å². The van der Waals surface area contributed by atoms with Gasteiger partial charge in [-0.2, -0.15) is 0 Å². The molecular formula is C12H25NO2S. The molecule has 0 heterocycles. The average Bonchev–Trinajstić information content (AvgIpc) is 2.65. The summed E-state index contributed by atoms with van der Waals surface area (Å²) in [5, 5.41) is 3.10. The zero-order valence-electron chi connectivity index (χ0n) is 10.7. The van der Waals surface area contributed by atoms with Gasteiger partial charge in [0.25, 0.3) is 0 Å². The minimum atomic E-state index is -2.88. The number of sulfone groups is 1. The van der Waals surface area contributed by atoms with Crippen molar-refractivity contribution in [2.24, 2.45) is 11.8 Å². The third kappa shape index (κ3) is 4.42. The van der Waals surface area contributed by atoms with Crippen molar-refractivity contribution in [2.45, 2.75) is 45.6 Å². The summed E-state index contributed by atoms with van der Waals surface area (Å²) >= 11 is 0. The first-order valence-corrected chi connectivity index (χ1v) is 8.14. The van der Waals surface area contributed by atoms with Crippen LogP contribution in [-0.2, 0) is 9.84 Å². The number of rotatable bonds is 6. The Kier molecular flexibility index (Phi) is 5.25. The molecule has 0 aromatic carbocycles. The second-order valence-corrected chi connectivity index (χ2v) is 7.52. The van der Waals surface area contributed by atoms with Crippen LogP contribution in [0.25, 0.3) is 0 Å². The van der Waals surface area contributed by atoms with Gasteiger partial charge in [0.1, 0.15) is 0 Å². The quantitative estimate of drug-likeness (QED) is 0.779. The molecule has 1 N–H and O–H groups in total. The average molecular weight is 247 g/mol. The zero-order chi connectivity index (χ0) is 12.2. The first-order valence-electron chi connectivity index (χ1n) is 6.32. The molecule has 0 bridgehead atoms. The Hall–Kier alpha value is -0.0900. The summed E-state index contributed by atoms with van der Waals surface area (Å²) in [6, 6.07) is 0.0893. The lowest BCUT2D eigenvalue weighted by Crippen LogP contribution is -2.38. The van der Waals surface area contributed by atoms with Crippen LogP contribution in [0.4, 0.5) is 0 Å². The molecule has 16 heavy (non-hydrogen) atoms. The molecule has 0 aromatic rings. The normalized spacial score (nSPS) is 20.5. The van der Waals surface area contributed by atoms with Gasteiger partial charge >= 0.3 is 0 Å². The molecule has 0 saturated heterocycles. The van der Waals surface area contributed by atoms with Gasteiger partial charge in [0.05, 0.1) is 11.5 Å². The SMILES string of the molecule is CNC(CS(=O)(=O)CC1CCCC1)C(C)C. The van der Waals surface area contributed by atoms with Crippen LogP contribution < -0.4 is 5.32 Å². The van der Waals surface area contributed by atoms with E-state index >= 15 is 0 Å². The van der Waals surface area contributed by atoms with Crippen molar-refractivity contribution in [3.05, 3.63) is 0 Å². The van der Waals surface area contributed by atoms with E-state index in [4.69, 9.17) is 0 Å². The number of hydrogen-bond acceptors (Lipinski definition) is 3. The van der Waals surface area contributed by atoms with Gasteiger partial charge in [-0.05, 0) is 31.7 Å². The van der Waals surface area contributed by atoms with Gasteiger partial charge in [0.2, 0.25) is 0 Å². The van der Waals surface area contributed by atoms with E-state index in [-0.39, 0.29) is 11.8 Å². The van der Waals surface area contributed by atoms with Gasteiger partial charge in [-0.1, -0.05) is 26.7 Å². The Morgan fingerprint density at radius 3 is 2.25 bits per heavy atom. The summed E-state index contributed by atoms with van der Waals surface area (Å²) in [7, 11) is -1.04. The van der Waals surface area contributed by atoms with Crippen LogP contribution in [0.15, 0.2) is 0 Å². The number of hydrogen-bond donors (Lipinski definition) is 1. The number of nitrogens with one attached hydrogen (secondary N) is 1. The Morgan fingerprint density at radius 1 is 1.25 bits per heavy atom. The second-order valence-electron chi connectivity index (χ2n) is 5.37. The van der Waals surface area contributed by atoms with E-state index in [1.807, 2.05) is 7.05 Å². The van der Waals surface area contributed by atoms with Crippen molar-refractivity contribution < 1.29 is 8.42 Å². The highest BCUT2D eigenvalue weighted by molar-refractivity contribution is 7.91. The molecule has 1 unspecified atom stereocenters. The molecule has 0 aromatic heterocycles. The Bertz CT molecular complexity index is 292. The molecule has 96 valence electrons. The monoisotopic (exact) mass is 247 g/mol. The van der Waals surface area contributed by atoms with Crippen LogP contribution in [0, 0.1) is 11.8 Å². The maximum atomic E-state index is 12.0.